The van der Waals surface area contributed by atoms with Crippen LogP contribution in [0.4, 0.5) is 4.39 Å². The molecule has 2 rings (SSSR count). The minimum Gasteiger partial charge on any atom is -0.358 e. The van der Waals surface area contributed by atoms with E-state index in [1.807, 2.05) is 6.92 Å². The molecular weight excluding hydrogens is 329 g/mol. The fourth-order valence-corrected chi connectivity index (χ4v) is 3.29. The highest BCUT2D eigenvalue weighted by molar-refractivity contribution is 7.13. The summed E-state index contributed by atoms with van der Waals surface area (Å²) < 4.78 is 13.0. The molecule has 0 radical (unpaired) electrons. The van der Waals surface area contributed by atoms with E-state index in [9.17, 15) is 14.0 Å². The van der Waals surface area contributed by atoms with E-state index >= 15 is 0 Å². The van der Waals surface area contributed by atoms with Crippen LogP contribution in [-0.4, -0.2) is 41.8 Å². The molecule has 0 aliphatic rings. The van der Waals surface area contributed by atoms with Crippen LogP contribution in [-0.2, 0) is 11.2 Å². The first-order valence-corrected chi connectivity index (χ1v) is 8.46. The first kappa shape index (κ1) is 18.1. The Morgan fingerprint density at radius 2 is 1.96 bits per heavy atom. The van der Waals surface area contributed by atoms with Gasteiger partial charge in [-0.1, -0.05) is 12.1 Å². The quantitative estimate of drug-likeness (QED) is 0.871. The maximum Gasteiger partial charge on any atom is 0.266 e. The van der Waals surface area contributed by atoms with Crippen LogP contribution in [0.15, 0.2) is 24.3 Å². The standard InChI is InChI=1S/C17H20FN3O2S/c1-4-21(10-14(22)19-3)17(23)16-11(2)20-15(24-16)9-12-5-7-13(18)8-6-12/h5-8H,4,9-10H2,1-3H3,(H,19,22). The molecule has 2 aromatic rings. The number of carbonyl (C=O) groups is 2. The van der Waals surface area contributed by atoms with Crippen LogP contribution in [0.1, 0.15) is 32.9 Å². The molecule has 0 unspecified atom stereocenters. The predicted molar refractivity (Wildman–Crippen MR) is 91.7 cm³/mol. The second kappa shape index (κ2) is 8.01. The van der Waals surface area contributed by atoms with Crippen LogP contribution in [0, 0.1) is 12.7 Å². The Hall–Kier alpha value is -2.28. The summed E-state index contributed by atoms with van der Waals surface area (Å²) in [5.41, 5.74) is 1.58. The highest BCUT2D eigenvalue weighted by Crippen LogP contribution is 2.22. The maximum absolute atomic E-state index is 13.0. The van der Waals surface area contributed by atoms with Gasteiger partial charge in [-0.2, -0.15) is 0 Å². The molecule has 5 nitrogen and oxygen atoms in total. The van der Waals surface area contributed by atoms with Crippen LogP contribution in [0.3, 0.4) is 0 Å². The molecule has 7 heteroatoms. The Morgan fingerprint density at radius 1 is 1.29 bits per heavy atom. The lowest BCUT2D eigenvalue weighted by Gasteiger charge is -2.19. The zero-order chi connectivity index (χ0) is 17.7. The SMILES string of the molecule is CCN(CC(=O)NC)C(=O)c1sc(Cc2ccc(F)cc2)nc1C. The second-order valence-corrected chi connectivity index (χ2v) is 6.40. The molecule has 0 aliphatic carbocycles. The number of amides is 2. The normalized spacial score (nSPS) is 10.5. The lowest BCUT2D eigenvalue weighted by molar-refractivity contribution is -0.121. The number of nitrogens with one attached hydrogen (secondary N) is 1. The third kappa shape index (κ3) is 4.38. The molecule has 0 fully saturated rings. The summed E-state index contributed by atoms with van der Waals surface area (Å²) in [6.45, 7) is 4.08. The van der Waals surface area contributed by atoms with Crippen molar-refractivity contribution >= 4 is 23.2 Å². The first-order valence-electron chi connectivity index (χ1n) is 7.65. The number of nitrogens with zero attached hydrogens (tertiary/aromatic N) is 2. The van der Waals surface area contributed by atoms with Gasteiger partial charge in [-0.3, -0.25) is 9.59 Å². The molecule has 128 valence electrons. The van der Waals surface area contributed by atoms with Crippen molar-refractivity contribution in [2.75, 3.05) is 20.1 Å². The third-order valence-electron chi connectivity index (χ3n) is 3.59. The largest absolute Gasteiger partial charge is 0.358 e. The van der Waals surface area contributed by atoms with Crippen LogP contribution < -0.4 is 5.32 Å². The summed E-state index contributed by atoms with van der Waals surface area (Å²) in [4.78, 5) is 30.6. The van der Waals surface area contributed by atoms with E-state index in [0.717, 1.165) is 10.6 Å². The van der Waals surface area contributed by atoms with Crippen molar-refractivity contribution in [2.45, 2.75) is 20.3 Å². The molecule has 0 atom stereocenters. The van der Waals surface area contributed by atoms with Crippen LogP contribution in [0.2, 0.25) is 0 Å². The van der Waals surface area contributed by atoms with Gasteiger partial charge in [0.05, 0.1) is 17.2 Å². The summed E-state index contributed by atoms with van der Waals surface area (Å²) in [7, 11) is 1.54. The van der Waals surface area contributed by atoms with Gasteiger partial charge in [0.2, 0.25) is 5.91 Å². The minimum absolute atomic E-state index is 0.0243. The van der Waals surface area contributed by atoms with Crippen molar-refractivity contribution in [1.29, 1.82) is 0 Å². The Labute approximate surface area is 144 Å². The Balaban J connectivity index is 2.16. The summed E-state index contributed by atoms with van der Waals surface area (Å²) in [5.74, 6) is -0.682. The second-order valence-electron chi connectivity index (χ2n) is 5.32. The van der Waals surface area contributed by atoms with Gasteiger partial charge in [0, 0.05) is 20.0 Å². The molecule has 0 saturated heterocycles. The van der Waals surface area contributed by atoms with Crippen molar-refractivity contribution in [2.24, 2.45) is 0 Å². The number of hydrogen-bond acceptors (Lipinski definition) is 4. The van der Waals surface area contributed by atoms with Crippen molar-refractivity contribution in [1.82, 2.24) is 15.2 Å². The number of carbonyl (C=O) groups excluding carboxylic acids is 2. The molecule has 0 spiro atoms. The highest BCUT2D eigenvalue weighted by atomic mass is 32.1. The number of rotatable bonds is 6. The van der Waals surface area contributed by atoms with E-state index in [4.69, 9.17) is 0 Å². The van der Waals surface area contributed by atoms with E-state index in [0.29, 0.717) is 23.5 Å². The molecule has 24 heavy (non-hydrogen) atoms. The average Bonchev–Trinajstić information content (AvgIpc) is 2.94. The molecule has 0 saturated carbocycles. The zero-order valence-electron chi connectivity index (χ0n) is 13.9. The highest BCUT2D eigenvalue weighted by Gasteiger charge is 2.22. The Kier molecular flexibility index (Phi) is 6.03. The van der Waals surface area contributed by atoms with Gasteiger partial charge in [0.1, 0.15) is 10.7 Å². The van der Waals surface area contributed by atoms with Gasteiger partial charge in [0.15, 0.2) is 0 Å². The van der Waals surface area contributed by atoms with Gasteiger partial charge < -0.3 is 10.2 Å². The zero-order valence-corrected chi connectivity index (χ0v) is 14.7. The Morgan fingerprint density at radius 3 is 2.54 bits per heavy atom. The lowest BCUT2D eigenvalue weighted by atomic mass is 10.1. The molecule has 1 heterocycles. The average molecular weight is 349 g/mol. The molecule has 1 N–H and O–H groups in total. The van der Waals surface area contributed by atoms with Crippen molar-refractivity contribution in [3.05, 3.63) is 51.2 Å². The molecule has 0 aliphatic heterocycles. The number of benzene rings is 1. The van der Waals surface area contributed by atoms with Crippen molar-refractivity contribution in [3.8, 4) is 0 Å². The first-order chi connectivity index (χ1) is 11.4. The summed E-state index contributed by atoms with van der Waals surface area (Å²) in [6.07, 6.45) is 0.542. The number of likely N-dealkylation sites (N-methyl/N-ethyl adjacent to an activating group) is 2. The van der Waals surface area contributed by atoms with Gasteiger partial charge in [-0.15, -0.1) is 11.3 Å². The van der Waals surface area contributed by atoms with E-state index in [1.54, 1.807) is 26.1 Å². The summed E-state index contributed by atoms with van der Waals surface area (Å²) >= 11 is 1.32. The van der Waals surface area contributed by atoms with Crippen LogP contribution >= 0.6 is 11.3 Å². The number of halogens is 1. The third-order valence-corrected chi connectivity index (χ3v) is 4.73. The minimum atomic E-state index is -0.280. The smallest absolute Gasteiger partial charge is 0.266 e. The fraction of sp³-hybridized carbons (Fsp3) is 0.353. The maximum atomic E-state index is 13.0. The van der Waals surface area contributed by atoms with Crippen LogP contribution in [0.5, 0.6) is 0 Å². The van der Waals surface area contributed by atoms with Gasteiger partial charge in [-0.05, 0) is 31.5 Å². The van der Waals surface area contributed by atoms with Gasteiger partial charge >= 0.3 is 0 Å². The number of aromatic nitrogens is 1. The number of aryl methyl sites for hydroxylation is 1. The topological polar surface area (TPSA) is 62.3 Å². The Bertz CT molecular complexity index is 728. The van der Waals surface area contributed by atoms with Crippen molar-refractivity contribution < 1.29 is 14.0 Å². The number of hydrogen-bond donors (Lipinski definition) is 1. The monoisotopic (exact) mass is 349 g/mol. The number of thiazole rings is 1. The molecular formula is C17H20FN3O2S. The van der Waals surface area contributed by atoms with E-state index < -0.39 is 0 Å². The van der Waals surface area contributed by atoms with Crippen molar-refractivity contribution in [3.63, 3.8) is 0 Å². The van der Waals surface area contributed by atoms with E-state index in [-0.39, 0.29) is 24.2 Å². The van der Waals surface area contributed by atoms with E-state index in [1.165, 1.54) is 28.4 Å². The predicted octanol–water partition coefficient (Wildman–Crippen LogP) is 2.39. The molecule has 1 aromatic heterocycles. The van der Waals surface area contributed by atoms with Gasteiger partial charge in [0.25, 0.3) is 5.91 Å². The molecule has 0 bridgehead atoms. The lowest BCUT2D eigenvalue weighted by Crippen LogP contribution is -2.39. The summed E-state index contributed by atoms with van der Waals surface area (Å²) in [6, 6.07) is 6.23. The fourth-order valence-electron chi connectivity index (χ4n) is 2.23. The van der Waals surface area contributed by atoms with Crippen LogP contribution in [0.25, 0.3) is 0 Å². The molecule has 1 aromatic carbocycles. The molecule has 2 amide bonds. The van der Waals surface area contributed by atoms with E-state index in [2.05, 4.69) is 10.3 Å². The van der Waals surface area contributed by atoms with Gasteiger partial charge in [-0.25, -0.2) is 9.37 Å². The summed E-state index contributed by atoms with van der Waals surface area (Å²) in [5, 5.41) is 3.31.